The average molecular weight is 357 g/mol. The second-order valence-electron chi connectivity index (χ2n) is 5.20. The summed E-state index contributed by atoms with van der Waals surface area (Å²) in [5.74, 6) is 0.307. The lowest BCUT2D eigenvalue weighted by atomic mass is 10.1. The third-order valence-electron chi connectivity index (χ3n) is 3.31. The number of fused-ring (bicyclic) bond motifs is 1. The number of allylic oxidation sites excluding steroid dienone is 1. The number of rotatable bonds is 6. The summed E-state index contributed by atoms with van der Waals surface area (Å²) in [7, 11) is 0. The standard InChI is InChI=1S/C16H15N5O3S/c1-3-6-21-16(18-19-20-21)25-9-11-7-15(23)24-14-8-12(17-10(2)22)4-5-13(11)14/h3-5,7-8H,1,6,9H2,2H3,(H,17,22). The van der Waals surface area contributed by atoms with E-state index in [0.717, 1.165) is 10.9 Å². The molecule has 1 amide bonds. The molecule has 128 valence electrons. The Kier molecular flexibility index (Phi) is 4.94. The minimum atomic E-state index is -0.450. The van der Waals surface area contributed by atoms with Gasteiger partial charge in [0.15, 0.2) is 0 Å². The first-order valence-corrected chi connectivity index (χ1v) is 8.39. The molecule has 2 aromatic heterocycles. The molecule has 0 saturated carbocycles. The molecule has 0 atom stereocenters. The van der Waals surface area contributed by atoms with Gasteiger partial charge in [-0.2, -0.15) is 0 Å². The maximum Gasteiger partial charge on any atom is 0.336 e. The zero-order valence-corrected chi connectivity index (χ0v) is 14.2. The summed E-state index contributed by atoms with van der Waals surface area (Å²) in [6.45, 7) is 5.59. The number of thioether (sulfide) groups is 1. The fraction of sp³-hybridized carbons (Fsp3) is 0.188. The van der Waals surface area contributed by atoms with Crippen molar-refractivity contribution in [2.24, 2.45) is 0 Å². The van der Waals surface area contributed by atoms with E-state index in [1.807, 2.05) is 6.07 Å². The van der Waals surface area contributed by atoms with E-state index < -0.39 is 5.63 Å². The number of carbonyl (C=O) groups is 1. The van der Waals surface area contributed by atoms with E-state index in [-0.39, 0.29) is 5.91 Å². The Morgan fingerprint density at radius 1 is 1.44 bits per heavy atom. The number of anilines is 1. The van der Waals surface area contributed by atoms with E-state index >= 15 is 0 Å². The van der Waals surface area contributed by atoms with E-state index in [1.165, 1.54) is 24.8 Å². The lowest BCUT2D eigenvalue weighted by Gasteiger charge is -2.07. The summed E-state index contributed by atoms with van der Waals surface area (Å²) in [6, 6.07) is 6.66. The molecule has 0 aliphatic heterocycles. The van der Waals surface area contributed by atoms with Gasteiger partial charge in [-0.3, -0.25) is 4.79 Å². The second-order valence-corrected chi connectivity index (χ2v) is 6.15. The molecule has 2 heterocycles. The lowest BCUT2D eigenvalue weighted by Crippen LogP contribution is -2.06. The van der Waals surface area contributed by atoms with Crippen LogP contribution in [0.3, 0.4) is 0 Å². The number of benzene rings is 1. The van der Waals surface area contributed by atoms with Crippen LogP contribution in [0.2, 0.25) is 0 Å². The number of carbonyl (C=O) groups excluding carboxylic acids is 1. The van der Waals surface area contributed by atoms with Crippen LogP contribution in [0.15, 0.2) is 51.3 Å². The number of hydrogen-bond donors (Lipinski definition) is 1. The lowest BCUT2D eigenvalue weighted by molar-refractivity contribution is -0.114. The molecular weight excluding hydrogens is 342 g/mol. The number of hydrogen-bond acceptors (Lipinski definition) is 7. The van der Waals surface area contributed by atoms with Crippen molar-refractivity contribution in [1.29, 1.82) is 0 Å². The first-order chi connectivity index (χ1) is 12.1. The first kappa shape index (κ1) is 16.9. The van der Waals surface area contributed by atoms with Gasteiger partial charge >= 0.3 is 5.63 Å². The van der Waals surface area contributed by atoms with Crippen molar-refractivity contribution >= 4 is 34.3 Å². The van der Waals surface area contributed by atoms with Crippen molar-refractivity contribution < 1.29 is 9.21 Å². The summed E-state index contributed by atoms with van der Waals surface area (Å²) in [4.78, 5) is 23.0. The van der Waals surface area contributed by atoms with Gasteiger partial charge in [0.05, 0.1) is 6.54 Å². The van der Waals surface area contributed by atoms with Gasteiger partial charge < -0.3 is 9.73 Å². The van der Waals surface area contributed by atoms with Crippen molar-refractivity contribution in [3.05, 3.63) is 52.9 Å². The van der Waals surface area contributed by atoms with Crippen LogP contribution in [-0.2, 0) is 17.1 Å². The summed E-state index contributed by atoms with van der Waals surface area (Å²) in [5, 5.41) is 15.6. The van der Waals surface area contributed by atoms with Gasteiger partial charge in [0.1, 0.15) is 5.58 Å². The normalized spacial score (nSPS) is 10.8. The Morgan fingerprint density at radius 3 is 3.04 bits per heavy atom. The molecule has 0 aliphatic carbocycles. The molecule has 3 aromatic rings. The molecule has 0 spiro atoms. The number of amides is 1. The van der Waals surface area contributed by atoms with Gasteiger partial charge in [-0.25, -0.2) is 9.48 Å². The number of aromatic nitrogens is 4. The maximum absolute atomic E-state index is 11.8. The Morgan fingerprint density at radius 2 is 2.28 bits per heavy atom. The summed E-state index contributed by atoms with van der Waals surface area (Å²) in [5.41, 5.74) is 1.34. The summed E-state index contributed by atoms with van der Waals surface area (Å²) in [6.07, 6.45) is 1.70. The molecule has 0 radical (unpaired) electrons. The smallest absolute Gasteiger partial charge is 0.336 e. The van der Waals surface area contributed by atoms with Gasteiger partial charge in [0.2, 0.25) is 11.1 Å². The highest BCUT2D eigenvalue weighted by molar-refractivity contribution is 7.98. The largest absolute Gasteiger partial charge is 0.423 e. The molecule has 0 aliphatic rings. The molecule has 0 bridgehead atoms. The molecule has 0 fully saturated rings. The SMILES string of the molecule is C=CCn1nnnc1SCc1cc(=O)oc2cc(NC(C)=O)ccc12. The van der Waals surface area contributed by atoms with Crippen LogP contribution in [0.5, 0.6) is 0 Å². The molecule has 9 heteroatoms. The van der Waals surface area contributed by atoms with Gasteiger partial charge in [0, 0.05) is 35.9 Å². The van der Waals surface area contributed by atoms with Crippen LogP contribution in [0.4, 0.5) is 5.69 Å². The number of tetrazole rings is 1. The molecule has 1 aromatic carbocycles. The van der Waals surface area contributed by atoms with Crippen LogP contribution in [0.1, 0.15) is 12.5 Å². The number of nitrogens with one attached hydrogen (secondary N) is 1. The van der Waals surface area contributed by atoms with E-state index in [2.05, 4.69) is 27.4 Å². The Balaban J connectivity index is 1.90. The Hall–Kier alpha value is -2.94. The highest BCUT2D eigenvalue weighted by Crippen LogP contribution is 2.26. The van der Waals surface area contributed by atoms with E-state index in [9.17, 15) is 9.59 Å². The Bertz CT molecular complexity index is 995. The predicted molar refractivity (Wildman–Crippen MR) is 94.4 cm³/mol. The monoisotopic (exact) mass is 357 g/mol. The fourth-order valence-electron chi connectivity index (χ4n) is 2.31. The average Bonchev–Trinajstić information content (AvgIpc) is 2.99. The molecule has 3 rings (SSSR count). The topological polar surface area (TPSA) is 103 Å². The number of nitrogens with zero attached hydrogens (tertiary/aromatic N) is 4. The van der Waals surface area contributed by atoms with E-state index in [1.54, 1.807) is 22.9 Å². The highest BCUT2D eigenvalue weighted by atomic mass is 32.2. The molecule has 0 saturated heterocycles. The first-order valence-electron chi connectivity index (χ1n) is 7.41. The zero-order chi connectivity index (χ0) is 17.8. The maximum atomic E-state index is 11.8. The Labute approximate surface area is 146 Å². The van der Waals surface area contributed by atoms with Crippen molar-refractivity contribution in [3.63, 3.8) is 0 Å². The second kappa shape index (κ2) is 7.31. The van der Waals surface area contributed by atoms with Crippen LogP contribution < -0.4 is 10.9 Å². The van der Waals surface area contributed by atoms with E-state index in [0.29, 0.717) is 28.7 Å². The molecule has 8 nitrogen and oxygen atoms in total. The third-order valence-corrected chi connectivity index (χ3v) is 4.31. The van der Waals surface area contributed by atoms with Gasteiger partial charge in [-0.15, -0.1) is 11.7 Å². The third kappa shape index (κ3) is 3.94. The summed E-state index contributed by atoms with van der Waals surface area (Å²) >= 11 is 1.41. The fourth-order valence-corrected chi connectivity index (χ4v) is 3.19. The zero-order valence-electron chi connectivity index (χ0n) is 13.4. The minimum Gasteiger partial charge on any atom is -0.423 e. The van der Waals surface area contributed by atoms with E-state index in [4.69, 9.17) is 4.42 Å². The highest BCUT2D eigenvalue weighted by Gasteiger charge is 2.11. The van der Waals surface area contributed by atoms with Crippen molar-refractivity contribution in [1.82, 2.24) is 20.2 Å². The van der Waals surface area contributed by atoms with Gasteiger partial charge in [0.25, 0.3) is 0 Å². The van der Waals surface area contributed by atoms with Gasteiger partial charge in [-0.1, -0.05) is 17.8 Å². The van der Waals surface area contributed by atoms with Crippen LogP contribution in [0, 0.1) is 0 Å². The van der Waals surface area contributed by atoms with Crippen LogP contribution >= 0.6 is 11.8 Å². The van der Waals surface area contributed by atoms with Gasteiger partial charge in [-0.05, 0) is 28.1 Å². The van der Waals surface area contributed by atoms with Crippen LogP contribution in [-0.4, -0.2) is 26.1 Å². The quantitative estimate of drug-likeness (QED) is 0.410. The van der Waals surface area contributed by atoms with Crippen molar-refractivity contribution in [2.45, 2.75) is 24.4 Å². The predicted octanol–water partition coefficient (Wildman–Crippen LogP) is 2.22. The summed E-state index contributed by atoms with van der Waals surface area (Å²) < 4.78 is 6.87. The van der Waals surface area contributed by atoms with Crippen molar-refractivity contribution in [3.8, 4) is 0 Å². The minimum absolute atomic E-state index is 0.192. The van der Waals surface area contributed by atoms with Crippen molar-refractivity contribution in [2.75, 3.05) is 5.32 Å². The molecule has 1 N–H and O–H groups in total. The molecular formula is C16H15N5O3S. The van der Waals surface area contributed by atoms with Crippen LogP contribution in [0.25, 0.3) is 11.0 Å². The molecule has 25 heavy (non-hydrogen) atoms. The molecule has 0 unspecified atom stereocenters.